The second-order valence-electron chi connectivity index (χ2n) is 6.02. The Morgan fingerprint density at radius 1 is 1.23 bits per heavy atom. The Balaban J connectivity index is 1.94. The van der Waals surface area contributed by atoms with Gasteiger partial charge in [0.1, 0.15) is 11.4 Å². The topological polar surface area (TPSA) is 75.3 Å². The van der Waals surface area contributed by atoms with Crippen molar-refractivity contribution in [2.75, 3.05) is 13.7 Å². The van der Waals surface area contributed by atoms with Crippen molar-refractivity contribution in [2.45, 2.75) is 19.9 Å². The summed E-state index contributed by atoms with van der Waals surface area (Å²) < 4.78 is 5.24. The molecule has 0 spiro atoms. The Bertz CT molecular complexity index is 967. The first kappa shape index (κ1) is 17.7. The Morgan fingerprint density at radius 3 is 2.77 bits per heavy atom. The van der Waals surface area contributed by atoms with Crippen molar-refractivity contribution in [2.24, 2.45) is 0 Å². The highest BCUT2D eigenvalue weighted by atomic mass is 16.5. The van der Waals surface area contributed by atoms with E-state index in [0.717, 1.165) is 17.3 Å². The van der Waals surface area contributed by atoms with Crippen LogP contribution in [0.4, 0.5) is 0 Å². The van der Waals surface area contributed by atoms with Gasteiger partial charge in [-0.3, -0.25) is 14.6 Å². The molecule has 6 nitrogen and oxygen atoms in total. The zero-order valence-corrected chi connectivity index (χ0v) is 14.9. The molecule has 2 aromatic heterocycles. The summed E-state index contributed by atoms with van der Waals surface area (Å²) in [5.74, 6) is 0.531. The van der Waals surface area contributed by atoms with Crippen molar-refractivity contribution in [1.82, 2.24) is 14.9 Å². The highest BCUT2D eigenvalue weighted by Gasteiger charge is 2.18. The van der Waals surface area contributed by atoms with E-state index in [1.807, 2.05) is 25.1 Å². The lowest BCUT2D eigenvalue weighted by molar-refractivity contribution is 0.0736. The summed E-state index contributed by atoms with van der Waals surface area (Å²) >= 11 is 0. The van der Waals surface area contributed by atoms with Gasteiger partial charge in [0.25, 0.3) is 11.5 Å². The van der Waals surface area contributed by atoms with Crippen molar-refractivity contribution >= 4 is 16.8 Å². The number of nitrogens with one attached hydrogen (secondary N) is 1. The van der Waals surface area contributed by atoms with Crippen LogP contribution >= 0.6 is 0 Å². The molecule has 0 aliphatic heterocycles. The van der Waals surface area contributed by atoms with Crippen LogP contribution in [0.5, 0.6) is 5.75 Å². The van der Waals surface area contributed by atoms with Gasteiger partial charge in [-0.1, -0.05) is 13.0 Å². The summed E-state index contributed by atoms with van der Waals surface area (Å²) in [5, 5.41) is 0.862. The lowest BCUT2D eigenvalue weighted by Crippen LogP contribution is -2.34. The minimum Gasteiger partial charge on any atom is -0.497 e. The highest BCUT2D eigenvalue weighted by molar-refractivity contribution is 5.92. The SMILES string of the molecule is CCCN(Cc1cc2cc(OC)ccc2[nH]c1=O)C(=O)c1ccccn1. The van der Waals surface area contributed by atoms with Gasteiger partial charge in [0.15, 0.2) is 0 Å². The van der Waals surface area contributed by atoms with Gasteiger partial charge in [-0.15, -0.1) is 0 Å². The predicted molar refractivity (Wildman–Crippen MR) is 100 cm³/mol. The summed E-state index contributed by atoms with van der Waals surface area (Å²) in [6, 6.07) is 12.5. The third-order valence-electron chi connectivity index (χ3n) is 4.15. The number of fused-ring (bicyclic) bond motifs is 1. The number of ether oxygens (including phenoxy) is 1. The Morgan fingerprint density at radius 2 is 2.08 bits per heavy atom. The van der Waals surface area contributed by atoms with Crippen molar-refractivity contribution in [1.29, 1.82) is 0 Å². The number of methoxy groups -OCH3 is 1. The van der Waals surface area contributed by atoms with E-state index in [1.54, 1.807) is 42.5 Å². The number of carbonyl (C=O) groups excluding carboxylic acids is 1. The van der Waals surface area contributed by atoms with Crippen molar-refractivity contribution in [3.05, 3.63) is 70.3 Å². The number of pyridine rings is 2. The maximum Gasteiger partial charge on any atom is 0.272 e. The number of amides is 1. The third kappa shape index (κ3) is 3.74. The fourth-order valence-electron chi connectivity index (χ4n) is 2.85. The first-order chi connectivity index (χ1) is 12.6. The number of aromatic amines is 1. The lowest BCUT2D eigenvalue weighted by atomic mass is 10.1. The maximum atomic E-state index is 12.7. The third-order valence-corrected chi connectivity index (χ3v) is 4.15. The van der Waals surface area contributed by atoms with E-state index in [0.29, 0.717) is 23.6 Å². The Hall–Kier alpha value is -3.15. The molecule has 0 aliphatic rings. The number of hydrogen-bond acceptors (Lipinski definition) is 4. The molecule has 26 heavy (non-hydrogen) atoms. The van der Waals surface area contributed by atoms with Gasteiger partial charge in [-0.25, -0.2) is 0 Å². The van der Waals surface area contributed by atoms with E-state index in [1.165, 1.54) is 0 Å². The van der Waals surface area contributed by atoms with Crippen molar-refractivity contribution in [3.63, 3.8) is 0 Å². The molecule has 1 aromatic carbocycles. The van der Waals surface area contributed by atoms with E-state index < -0.39 is 0 Å². The zero-order chi connectivity index (χ0) is 18.5. The first-order valence-corrected chi connectivity index (χ1v) is 8.52. The predicted octanol–water partition coefficient (Wildman–Crippen LogP) is 2.98. The molecule has 1 amide bonds. The molecule has 0 saturated heterocycles. The molecule has 2 heterocycles. The standard InChI is InChI=1S/C20H21N3O3/c1-3-10-23(20(25)18-6-4-5-9-21-18)13-15-11-14-12-16(26-2)7-8-17(14)22-19(15)24/h4-9,11-12H,3,10,13H2,1-2H3,(H,22,24). The zero-order valence-electron chi connectivity index (χ0n) is 14.9. The van der Waals surface area contributed by atoms with E-state index in [4.69, 9.17) is 4.74 Å². The van der Waals surface area contributed by atoms with Gasteiger partial charge in [-0.05, 0) is 42.8 Å². The molecule has 0 aliphatic carbocycles. The smallest absolute Gasteiger partial charge is 0.272 e. The number of benzene rings is 1. The molecule has 0 unspecified atom stereocenters. The molecule has 3 aromatic rings. The first-order valence-electron chi connectivity index (χ1n) is 8.52. The van der Waals surface area contributed by atoms with Crippen LogP contribution in [-0.2, 0) is 6.54 Å². The molecule has 0 fully saturated rings. The van der Waals surface area contributed by atoms with Gasteiger partial charge in [0.05, 0.1) is 13.7 Å². The Labute approximate surface area is 151 Å². The van der Waals surface area contributed by atoms with Crippen molar-refractivity contribution in [3.8, 4) is 5.75 Å². The normalized spacial score (nSPS) is 10.7. The summed E-state index contributed by atoms with van der Waals surface area (Å²) in [6.07, 6.45) is 2.38. The average Bonchev–Trinajstić information content (AvgIpc) is 2.68. The number of nitrogens with zero attached hydrogens (tertiary/aromatic N) is 2. The molecule has 0 radical (unpaired) electrons. The van der Waals surface area contributed by atoms with Crippen LogP contribution in [0, 0.1) is 0 Å². The second-order valence-corrected chi connectivity index (χ2v) is 6.02. The monoisotopic (exact) mass is 351 g/mol. The lowest BCUT2D eigenvalue weighted by Gasteiger charge is -2.21. The minimum atomic E-state index is -0.197. The van der Waals surface area contributed by atoms with Gasteiger partial charge < -0.3 is 14.6 Å². The van der Waals surface area contributed by atoms with Crippen LogP contribution in [0.2, 0.25) is 0 Å². The molecule has 0 saturated carbocycles. The second kappa shape index (κ2) is 7.82. The largest absolute Gasteiger partial charge is 0.497 e. The highest BCUT2D eigenvalue weighted by Crippen LogP contribution is 2.19. The van der Waals surface area contributed by atoms with Gasteiger partial charge >= 0.3 is 0 Å². The van der Waals surface area contributed by atoms with Crippen molar-refractivity contribution < 1.29 is 9.53 Å². The van der Waals surface area contributed by atoms with Crippen LogP contribution < -0.4 is 10.3 Å². The molecule has 3 rings (SSSR count). The van der Waals surface area contributed by atoms with E-state index in [-0.39, 0.29) is 18.0 Å². The fourth-order valence-corrected chi connectivity index (χ4v) is 2.85. The van der Waals surface area contributed by atoms with Crippen LogP contribution in [0.25, 0.3) is 10.9 Å². The summed E-state index contributed by atoms with van der Waals surface area (Å²) in [6.45, 7) is 2.77. The minimum absolute atomic E-state index is 0.183. The van der Waals surface area contributed by atoms with E-state index >= 15 is 0 Å². The van der Waals surface area contributed by atoms with Crippen LogP contribution in [0.3, 0.4) is 0 Å². The summed E-state index contributed by atoms with van der Waals surface area (Å²) in [7, 11) is 1.60. The maximum absolute atomic E-state index is 12.7. The molecular formula is C20H21N3O3. The Kier molecular flexibility index (Phi) is 5.31. The molecule has 0 bridgehead atoms. The van der Waals surface area contributed by atoms with Crippen LogP contribution in [0.15, 0.2) is 53.5 Å². The van der Waals surface area contributed by atoms with E-state index in [9.17, 15) is 9.59 Å². The van der Waals surface area contributed by atoms with Crippen LogP contribution in [-0.4, -0.2) is 34.4 Å². The number of rotatable bonds is 6. The molecule has 0 atom stereocenters. The van der Waals surface area contributed by atoms with E-state index in [2.05, 4.69) is 9.97 Å². The number of hydrogen-bond donors (Lipinski definition) is 1. The molecule has 6 heteroatoms. The number of aromatic nitrogens is 2. The molecule has 1 N–H and O–H groups in total. The van der Waals surface area contributed by atoms with Gasteiger partial charge in [0.2, 0.25) is 0 Å². The average molecular weight is 351 g/mol. The number of carbonyl (C=O) groups is 1. The quantitative estimate of drug-likeness (QED) is 0.741. The molecular weight excluding hydrogens is 330 g/mol. The fraction of sp³-hybridized carbons (Fsp3) is 0.250. The summed E-state index contributed by atoms with van der Waals surface area (Å²) in [5.41, 5.74) is 1.44. The van der Waals surface area contributed by atoms with Gasteiger partial charge in [-0.2, -0.15) is 0 Å². The van der Waals surface area contributed by atoms with Gasteiger partial charge in [0, 0.05) is 29.2 Å². The molecule has 134 valence electrons. The number of H-pyrrole nitrogens is 1. The van der Waals surface area contributed by atoms with Crippen LogP contribution in [0.1, 0.15) is 29.4 Å². The summed E-state index contributed by atoms with van der Waals surface area (Å²) in [4.78, 5) is 33.8.